The molecule has 3 N–H and O–H groups in total. The average Bonchev–Trinajstić information content (AvgIpc) is 2.27. The Kier molecular flexibility index (Phi) is 4.30. The van der Waals surface area contributed by atoms with Gasteiger partial charge < -0.3 is 11.1 Å². The molecule has 0 fully saturated rings. The highest BCUT2D eigenvalue weighted by Gasteiger charge is 2.21. The number of rotatable bonds is 4. The van der Waals surface area contributed by atoms with Crippen LogP contribution in [0.5, 0.6) is 0 Å². The minimum absolute atomic E-state index is 0.0896. The second kappa shape index (κ2) is 5.36. The first kappa shape index (κ1) is 14.5. The van der Waals surface area contributed by atoms with Crippen LogP contribution in [0.1, 0.15) is 44.9 Å². The van der Waals surface area contributed by atoms with E-state index in [1.54, 1.807) is 6.92 Å². The van der Waals surface area contributed by atoms with Crippen LogP contribution in [0.15, 0.2) is 36.4 Å². The molecule has 0 saturated heterocycles. The van der Waals surface area contributed by atoms with Crippen molar-refractivity contribution in [2.45, 2.75) is 39.3 Å². The van der Waals surface area contributed by atoms with Crippen molar-refractivity contribution in [2.24, 2.45) is 5.73 Å². The summed E-state index contributed by atoms with van der Waals surface area (Å²) < 4.78 is 0. The summed E-state index contributed by atoms with van der Waals surface area (Å²) in [5.41, 5.74) is 8.31. The van der Waals surface area contributed by atoms with Crippen molar-refractivity contribution in [2.75, 3.05) is 0 Å². The maximum atomic E-state index is 11.6. The fourth-order valence-corrected chi connectivity index (χ4v) is 1.86. The highest BCUT2D eigenvalue weighted by molar-refractivity contribution is 5.92. The first-order valence-electron chi connectivity index (χ1n) is 6.08. The van der Waals surface area contributed by atoms with Gasteiger partial charge in [-0.05, 0) is 38.8 Å². The van der Waals surface area contributed by atoms with Crippen molar-refractivity contribution in [1.82, 2.24) is 5.32 Å². The van der Waals surface area contributed by atoms with Gasteiger partial charge in [0, 0.05) is 11.1 Å². The molecule has 0 saturated carbocycles. The van der Waals surface area contributed by atoms with Crippen LogP contribution in [0.25, 0.3) is 0 Å². The van der Waals surface area contributed by atoms with Crippen LogP contribution < -0.4 is 11.1 Å². The van der Waals surface area contributed by atoms with Crippen molar-refractivity contribution in [1.29, 1.82) is 0 Å². The molecule has 0 aromatic heterocycles. The van der Waals surface area contributed by atoms with E-state index in [2.05, 4.69) is 11.9 Å². The van der Waals surface area contributed by atoms with Gasteiger partial charge in [-0.3, -0.25) is 4.79 Å². The summed E-state index contributed by atoms with van der Waals surface area (Å²) in [6.07, 6.45) is 0. The number of hydrogen-bond acceptors (Lipinski definition) is 2. The van der Waals surface area contributed by atoms with Gasteiger partial charge in [0.25, 0.3) is 0 Å². The van der Waals surface area contributed by atoms with Crippen molar-refractivity contribution in [3.8, 4) is 0 Å². The second-order valence-corrected chi connectivity index (χ2v) is 5.28. The van der Waals surface area contributed by atoms with E-state index >= 15 is 0 Å². The van der Waals surface area contributed by atoms with Crippen LogP contribution in [0, 0.1) is 0 Å². The Balaban J connectivity index is 3.03. The number of carbonyl (C=O) groups excluding carboxylic acids is 1. The summed E-state index contributed by atoms with van der Waals surface area (Å²) >= 11 is 0. The Labute approximate surface area is 109 Å². The highest BCUT2D eigenvalue weighted by atomic mass is 16.1. The lowest BCUT2D eigenvalue weighted by atomic mass is 9.88. The first-order chi connectivity index (χ1) is 8.23. The number of carbonyl (C=O) groups is 1. The third kappa shape index (κ3) is 3.44. The molecule has 0 aliphatic carbocycles. The Morgan fingerprint density at radius 3 is 2.44 bits per heavy atom. The van der Waals surface area contributed by atoms with Crippen LogP contribution in [0.2, 0.25) is 0 Å². The van der Waals surface area contributed by atoms with Crippen molar-refractivity contribution in [3.05, 3.63) is 47.5 Å². The van der Waals surface area contributed by atoms with Gasteiger partial charge in [-0.2, -0.15) is 0 Å². The van der Waals surface area contributed by atoms with Gasteiger partial charge in [-0.15, -0.1) is 0 Å². The van der Waals surface area contributed by atoms with Crippen molar-refractivity contribution >= 4 is 5.91 Å². The molecule has 3 nitrogen and oxygen atoms in total. The van der Waals surface area contributed by atoms with E-state index in [1.165, 1.54) is 0 Å². The average molecular weight is 246 g/mol. The number of amides is 1. The zero-order chi connectivity index (χ0) is 13.9. The Hall–Kier alpha value is -1.61. The molecule has 1 atom stereocenters. The maximum Gasteiger partial charge on any atom is 0.246 e. The quantitative estimate of drug-likeness (QED) is 0.802. The smallest absolute Gasteiger partial charge is 0.246 e. The van der Waals surface area contributed by atoms with Gasteiger partial charge in [-0.1, -0.05) is 30.8 Å². The topological polar surface area (TPSA) is 55.1 Å². The monoisotopic (exact) mass is 246 g/mol. The van der Waals surface area contributed by atoms with E-state index in [0.717, 1.165) is 11.1 Å². The van der Waals surface area contributed by atoms with Gasteiger partial charge in [-0.25, -0.2) is 0 Å². The van der Waals surface area contributed by atoms with E-state index in [-0.39, 0.29) is 11.9 Å². The van der Waals surface area contributed by atoms with E-state index in [9.17, 15) is 4.79 Å². The molecular formula is C15H22N2O. The fourth-order valence-electron chi connectivity index (χ4n) is 1.86. The molecular weight excluding hydrogens is 224 g/mol. The molecule has 0 heterocycles. The first-order valence-corrected chi connectivity index (χ1v) is 6.08. The maximum absolute atomic E-state index is 11.6. The van der Waals surface area contributed by atoms with E-state index in [1.807, 2.05) is 45.0 Å². The molecule has 98 valence electrons. The summed E-state index contributed by atoms with van der Waals surface area (Å²) in [7, 11) is 0. The fraction of sp³-hybridized carbons (Fsp3) is 0.400. The molecule has 1 aromatic carbocycles. The van der Waals surface area contributed by atoms with E-state index in [4.69, 9.17) is 5.73 Å². The number of nitrogens with two attached hydrogens (primary N) is 1. The highest BCUT2D eigenvalue weighted by Crippen LogP contribution is 2.26. The molecule has 1 amide bonds. The molecule has 18 heavy (non-hydrogen) atoms. The van der Waals surface area contributed by atoms with Gasteiger partial charge in [0.05, 0.1) is 6.04 Å². The molecule has 3 heteroatoms. The van der Waals surface area contributed by atoms with E-state index in [0.29, 0.717) is 5.57 Å². The van der Waals surface area contributed by atoms with Gasteiger partial charge in [0.1, 0.15) is 0 Å². The minimum atomic E-state index is -0.432. The van der Waals surface area contributed by atoms with E-state index < -0.39 is 5.54 Å². The molecule has 0 spiro atoms. The third-order valence-electron chi connectivity index (χ3n) is 2.86. The number of benzene rings is 1. The summed E-state index contributed by atoms with van der Waals surface area (Å²) in [5, 5.41) is 2.91. The van der Waals surface area contributed by atoms with Crippen LogP contribution in [0.3, 0.4) is 0 Å². The Bertz CT molecular complexity index is 458. The summed E-state index contributed by atoms with van der Waals surface area (Å²) in [6.45, 7) is 11.2. The SMILES string of the molecule is C=C(C)C(=O)NC(C)c1ccccc1C(C)(C)N. The molecule has 1 unspecified atom stereocenters. The normalized spacial score (nSPS) is 12.9. The molecule has 1 aromatic rings. The van der Waals surface area contributed by atoms with Crippen LogP contribution in [-0.4, -0.2) is 5.91 Å². The van der Waals surface area contributed by atoms with Crippen LogP contribution >= 0.6 is 0 Å². The zero-order valence-electron chi connectivity index (χ0n) is 11.6. The molecule has 1 rings (SSSR count). The van der Waals surface area contributed by atoms with Crippen molar-refractivity contribution in [3.63, 3.8) is 0 Å². The van der Waals surface area contributed by atoms with Gasteiger partial charge in [0.15, 0.2) is 0 Å². The Morgan fingerprint density at radius 1 is 1.39 bits per heavy atom. The molecule has 0 bridgehead atoms. The number of hydrogen-bond donors (Lipinski definition) is 2. The van der Waals surface area contributed by atoms with Crippen LogP contribution in [-0.2, 0) is 10.3 Å². The predicted molar refractivity (Wildman–Crippen MR) is 75.0 cm³/mol. The third-order valence-corrected chi connectivity index (χ3v) is 2.86. The minimum Gasteiger partial charge on any atom is -0.346 e. The molecule has 0 aliphatic heterocycles. The number of nitrogens with one attached hydrogen (secondary N) is 1. The van der Waals surface area contributed by atoms with Crippen molar-refractivity contribution < 1.29 is 4.79 Å². The lowest BCUT2D eigenvalue weighted by Crippen LogP contribution is -2.33. The molecule has 0 radical (unpaired) electrons. The summed E-state index contributed by atoms with van der Waals surface area (Å²) in [4.78, 5) is 11.6. The Morgan fingerprint density at radius 2 is 1.94 bits per heavy atom. The predicted octanol–water partition coefficient (Wildman–Crippen LogP) is 2.63. The second-order valence-electron chi connectivity index (χ2n) is 5.28. The lowest BCUT2D eigenvalue weighted by molar-refractivity contribution is -0.118. The van der Waals surface area contributed by atoms with Gasteiger partial charge >= 0.3 is 0 Å². The van der Waals surface area contributed by atoms with Crippen LogP contribution in [0.4, 0.5) is 0 Å². The summed E-state index contributed by atoms with van der Waals surface area (Å²) in [6, 6.07) is 7.81. The van der Waals surface area contributed by atoms with Gasteiger partial charge in [0.2, 0.25) is 5.91 Å². The standard InChI is InChI=1S/C15H22N2O/c1-10(2)14(18)17-11(3)12-8-6-7-9-13(12)15(4,5)16/h6-9,11H,1,16H2,2-5H3,(H,17,18). The molecule has 0 aliphatic rings. The lowest BCUT2D eigenvalue weighted by Gasteiger charge is -2.26. The summed E-state index contributed by atoms with van der Waals surface area (Å²) in [5.74, 6) is -0.132. The largest absolute Gasteiger partial charge is 0.346 e. The zero-order valence-corrected chi connectivity index (χ0v) is 11.6.